The molecule has 1 aromatic carbocycles. The fourth-order valence-corrected chi connectivity index (χ4v) is 2.63. The molecule has 1 fully saturated rings. The van der Waals surface area contributed by atoms with Crippen molar-refractivity contribution in [3.05, 3.63) is 35.6 Å². The predicted octanol–water partition coefficient (Wildman–Crippen LogP) is 1.74. The highest BCUT2D eigenvalue weighted by Gasteiger charge is 2.34. The van der Waals surface area contributed by atoms with Crippen LogP contribution in [0.5, 0.6) is 0 Å². The number of halogens is 1. The average Bonchev–Trinajstić information content (AvgIpc) is 2.53. The number of likely N-dealkylation sites (tertiary alicyclic amines) is 1. The lowest BCUT2D eigenvalue weighted by atomic mass is 9.95. The first-order valence-corrected chi connectivity index (χ1v) is 7.73. The van der Waals surface area contributed by atoms with Gasteiger partial charge in [-0.3, -0.25) is 14.4 Å². The van der Waals surface area contributed by atoms with E-state index in [0.29, 0.717) is 12.1 Å². The minimum absolute atomic E-state index is 0.0837. The first-order chi connectivity index (χ1) is 11.0. The number of Topliss-reactive ketones (excluding diaryl/α,β-unsaturated/α-hetero) is 1. The standard InChI is InChI=1S/C17H20FNO4/c1-2-23-17(22)13-9-10-19(11-15(13)20)16(21)8-7-12-5-3-4-6-14(12)18/h3-6,13H,2,7-11H2,1H3. The highest BCUT2D eigenvalue weighted by Crippen LogP contribution is 2.17. The summed E-state index contributed by atoms with van der Waals surface area (Å²) in [7, 11) is 0. The molecule has 1 atom stereocenters. The Morgan fingerprint density at radius 1 is 1.35 bits per heavy atom. The van der Waals surface area contributed by atoms with Gasteiger partial charge in [0.25, 0.3) is 0 Å². The molecule has 1 heterocycles. The maximum absolute atomic E-state index is 13.5. The molecule has 1 unspecified atom stereocenters. The third-order valence-electron chi connectivity index (χ3n) is 3.91. The molecule has 124 valence electrons. The van der Waals surface area contributed by atoms with Gasteiger partial charge in [-0.05, 0) is 31.4 Å². The number of rotatable bonds is 5. The molecular formula is C17H20FNO4. The van der Waals surface area contributed by atoms with Crippen molar-refractivity contribution in [1.29, 1.82) is 0 Å². The Balaban J connectivity index is 1.86. The minimum atomic E-state index is -0.773. The second kappa shape index (κ2) is 7.85. The van der Waals surface area contributed by atoms with Crippen LogP contribution in [0.3, 0.4) is 0 Å². The maximum atomic E-state index is 13.5. The van der Waals surface area contributed by atoms with E-state index in [-0.39, 0.29) is 49.9 Å². The number of carbonyl (C=O) groups is 3. The van der Waals surface area contributed by atoms with Crippen LogP contribution in [0.15, 0.2) is 24.3 Å². The van der Waals surface area contributed by atoms with Crippen LogP contribution in [0.1, 0.15) is 25.3 Å². The molecule has 1 aliphatic heterocycles. The largest absolute Gasteiger partial charge is 0.465 e. The van der Waals surface area contributed by atoms with Crippen LogP contribution in [0.25, 0.3) is 0 Å². The van der Waals surface area contributed by atoms with E-state index in [1.165, 1.54) is 11.0 Å². The molecule has 1 saturated heterocycles. The zero-order valence-corrected chi connectivity index (χ0v) is 13.1. The second-order valence-electron chi connectivity index (χ2n) is 5.47. The number of piperidine rings is 1. The monoisotopic (exact) mass is 321 g/mol. The highest BCUT2D eigenvalue weighted by atomic mass is 19.1. The summed E-state index contributed by atoms with van der Waals surface area (Å²) in [6.45, 7) is 2.17. The quantitative estimate of drug-likeness (QED) is 0.612. The first kappa shape index (κ1) is 17.1. The number of benzene rings is 1. The van der Waals surface area contributed by atoms with Crippen LogP contribution < -0.4 is 0 Å². The van der Waals surface area contributed by atoms with Crippen LogP contribution in [-0.4, -0.2) is 42.3 Å². The van der Waals surface area contributed by atoms with Gasteiger partial charge in [0.15, 0.2) is 5.78 Å². The molecule has 0 spiro atoms. The smallest absolute Gasteiger partial charge is 0.316 e. The molecule has 0 saturated carbocycles. The number of esters is 1. The maximum Gasteiger partial charge on any atom is 0.316 e. The molecule has 0 aromatic heterocycles. The second-order valence-corrected chi connectivity index (χ2v) is 5.47. The van der Waals surface area contributed by atoms with Crippen molar-refractivity contribution >= 4 is 17.7 Å². The Morgan fingerprint density at radius 3 is 2.74 bits per heavy atom. The van der Waals surface area contributed by atoms with Gasteiger partial charge in [-0.15, -0.1) is 0 Å². The van der Waals surface area contributed by atoms with E-state index in [2.05, 4.69) is 0 Å². The van der Waals surface area contributed by atoms with E-state index in [1.54, 1.807) is 25.1 Å². The third kappa shape index (κ3) is 4.37. The summed E-state index contributed by atoms with van der Waals surface area (Å²) >= 11 is 0. The molecule has 0 aliphatic carbocycles. The fourth-order valence-electron chi connectivity index (χ4n) is 2.63. The van der Waals surface area contributed by atoms with Gasteiger partial charge in [-0.2, -0.15) is 0 Å². The van der Waals surface area contributed by atoms with Crippen molar-refractivity contribution in [3.8, 4) is 0 Å². The lowest BCUT2D eigenvalue weighted by Crippen LogP contribution is -2.46. The van der Waals surface area contributed by atoms with E-state index in [4.69, 9.17) is 4.74 Å². The van der Waals surface area contributed by atoms with E-state index >= 15 is 0 Å². The Hall–Kier alpha value is -2.24. The van der Waals surface area contributed by atoms with Crippen molar-refractivity contribution in [2.24, 2.45) is 5.92 Å². The minimum Gasteiger partial charge on any atom is -0.465 e. The molecule has 6 heteroatoms. The number of nitrogens with zero attached hydrogens (tertiary/aromatic N) is 1. The van der Waals surface area contributed by atoms with E-state index in [0.717, 1.165) is 0 Å². The number of ether oxygens (including phenoxy) is 1. The van der Waals surface area contributed by atoms with Crippen LogP contribution in [-0.2, 0) is 25.5 Å². The molecule has 0 N–H and O–H groups in total. The van der Waals surface area contributed by atoms with Gasteiger partial charge < -0.3 is 9.64 Å². The van der Waals surface area contributed by atoms with Gasteiger partial charge in [0.2, 0.25) is 5.91 Å². The molecule has 0 radical (unpaired) electrons. The molecule has 1 aromatic rings. The summed E-state index contributed by atoms with van der Waals surface area (Å²) in [4.78, 5) is 37.2. The van der Waals surface area contributed by atoms with Crippen molar-refractivity contribution in [2.75, 3.05) is 19.7 Å². The average molecular weight is 321 g/mol. The van der Waals surface area contributed by atoms with Gasteiger partial charge >= 0.3 is 5.97 Å². The molecule has 2 rings (SSSR count). The van der Waals surface area contributed by atoms with E-state index < -0.39 is 11.9 Å². The van der Waals surface area contributed by atoms with Gasteiger partial charge in [0.05, 0.1) is 13.2 Å². The Kier molecular flexibility index (Phi) is 5.84. The number of carbonyl (C=O) groups excluding carboxylic acids is 3. The Labute approximate surface area is 134 Å². The number of amides is 1. The lowest BCUT2D eigenvalue weighted by Gasteiger charge is -2.29. The molecule has 0 bridgehead atoms. The zero-order valence-electron chi connectivity index (χ0n) is 13.1. The van der Waals surface area contributed by atoms with Crippen molar-refractivity contribution in [1.82, 2.24) is 4.90 Å². The molecule has 1 amide bonds. The van der Waals surface area contributed by atoms with E-state index in [1.807, 2.05) is 0 Å². The summed E-state index contributed by atoms with van der Waals surface area (Å²) in [5, 5.41) is 0. The van der Waals surface area contributed by atoms with Crippen LogP contribution in [0.4, 0.5) is 4.39 Å². The van der Waals surface area contributed by atoms with Gasteiger partial charge in [-0.25, -0.2) is 4.39 Å². The first-order valence-electron chi connectivity index (χ1n) is 7.73. The summed E-state index contributed by atoms with van der Waals surface area (Å²) in [5.41, 5.74) is 0.480. The van der Waals surface area contributed by atoms with Crippen LogP contribution >= 0.6 is 0 Å². The number of ketones is 1. The number of hydrogen-bond donors (Lipinski definition) is 0. The summed E-state index contributed by atoms with van der Waals surface area (Å²) in [5.74, 6) is -2.13. The Bertz CT molecular complexity index is 602. The van der Waals surface area contributed by atoms with Gasteiger partial charge in [0, 0.05) is 13.0 Å². The normalized spacial score (nSPS) is 17.9. The van der Waals surface area contributed by atoms with Crippen molar-refractivity contribution in [3.63, 3.8) is 0 Å². The topological polar surface area (TPSA) is 63.7 Å². The molecule has 5 nitrogen and oxygen atoms in total. The van der Waals surface area contributed by atoms with Crippen molar-refractivity contribution in [2.45, 2.75) is 26.2 Å². The van der Waals surface area contributed by atoms with Gasteiger partial charge in [0.1, 0.15) is 11.7 Å². The van der Waals surface area contributed by atoms with Crippen molar-refractivity contribution < 1.29 is 23.5 Å². The highest BCUT2D eigenvalue weighted by molar-refractivity contribution is 6.01. The lowest BCUT2D eigenvalue weighted by molar-refractivity contribution is -0.156. The van der Waals surface area contributed by atoms with Gasteiger partial charge in [-0.1, -0.05) is 18.2 Å². The molecule has 1 aliphatic rings. The summed E-state index contributed by atoms with van der Waals surface area (Å²) < 4.78 is 18.4. The summed E-state index contributed by atoms with van der Waals surface area (Å²) in [6.07, 6.45) is 0.707. The predicted molar refractivity (Wildman–Crippen MR) is 81.0 cm³/mol. The third-order valence-corrected chi connectivity index (χ3v) is 3.91. The Morgan fingerprint density at radius 2 is 2.09 bits per heavy atom. The molecular weight excluding hydrogens is 301 g/mol. The van der Waals surface area contributed by atoms with E-state index in [9.17, 15) is 18.8 Å². The van der Waals surface area contributed by atoms with Crippen LogP contribution in [0, 0.1) is 11.7 Å². The molecule has 23 heavy (non-hydrogen) atoms. The number of aryl methyl sites for hydroxylation is 1. The number of hydrogen-bond acceptors (Lipinski definition) is 4. The fraction of sp³-hybridized carbons (Fsp3) is 0.471. The van der Waals surface area contributed by atoms with Crippen LogP contribution in [0.2, 0.25) is 0 Å². The summed E-state index contributed by atoms with van der Waals surface area (Å²) in [6, 6.07) is 6.31. The zero-order chi connectivity index (χ0) is 16.8. The SMILES string of the molecule is CCOC(=O)C1CCN(C(=O)CCc2ccccc2F)CC1=O.